The van der Waals surface area contributed by atoms with Gasteiger partial charge < -0.3 is 10.1 Å². The van der Waals surface area contributed by atoms with Gasteiger partial charge in [0.1, 0.15) is 0 Å². The van der Waals surface area contributed by atoms with E-state index in [1.807, 2.05) is 16.8 Å². The highest BCUT2D eigenvalue weighted by Crippen LogP contribution is 2.24. The first-order chi connectivity index (χ1) is 8.69. The number of carbonyl (C=O) groups excluding carboxylic acids is 1. The maximum absolute atomic E-state index is 11.1. The maximum Gasteiger partial charge on any atom is 0.311 e. The molecular weight excluding hydrogens is 336 g/mol. The Hall–Kier alpha value is -0.920. The van der Waals surface area contributed by atoms with E-state index in [0.29, 0.717) is 0 Å². The number of ether oxygens (including phenoxy) is 1. The molecule has 2 aromatic heterocycles. The second kappa shape index (κ2) is 6.31. The second-order valence-electron chi connectivity index (χ2n) is 3.44. The lowest BCUT2D eigenvalue weighted by molar-refractivity contribution is -0.139. The lowest BCUT2D eigenvalue weighted by Gasteiger charge is -2.00. The van der Waals surface area contributed by atoms with Crippen LogP contribution in [0.4, 0.5) is 5.13 Å². The van der Waals surface area contributed by atoms with Crippen molar-refractivity contribution >= 4 is 49.7 Å². The molecule has 1 N–H and O–H groups in total. The summed E-state index contributed by atoms with van der Waals surface area (Å²) in [6.07, 6.45) is 0.220. The van der Waals surface area contributed by atoms with Gasteiger partial charge in [-0.25, -0.2) is 4.98 Å². The number of esters is 1. The lowest BCUT2D eigenvalue weighted by atomic mass is 10.3. The van der Waals surface area contributed by atoms with Crippen molar-refractivity contribution in [2.45, 2.75) is 13.0 Å². The first kappa shape index (κ1) is 13.5. The summed E-state index contributed by atoms with van der Waals surface area (Å²) in [5, 5.41) is 7.95. The van der Waals surface area contributed by atoms with Crippen LogP contribution in [0.3, 0.4) is 0 Å². The molecule has 0 aliphatic carbocycles. The molecule has 0 aliphatic rings. The van der Waals surface area contributed by atoms with Crippen molar-refractivity contribution < 1.29 is 9.53 Å². The van der Waals surface area contributed by atoms with Gasteiger partial charge in [-0.1, -0.05) is 0 Å². The molecule has 0 aliphatic heterocycles. The number of anilines is 1. The lowest BCUT2D eigenvalue weighted by Crippen LogP contribution is -2.05. The predicted molar refractivity (Wildman–Crippen MR) is 77.2 cm³/mol. The molecule has 0 aromatic carbocycles. The van der Waals surface area contributed by atoms with E-state index in [2.05, 4.69) is 31.0 Å². The standard InChI is InChI=1S/C11H11BrN2O2S2/c1-16-10(15)4-7-6-18-11(14-7)13-5-9-8(12)2-3-17-9/h2-3,6H,4-5H2,1H3,(H,13,14). The first-order valence-corrected chi connectivity index (χ1v) is 7.71. The zero-order valence-electron chi connectivity index (χ0n) is 9.60. The van der Waals surface area contributed by atoms with E-state index in [4.69, 9.17) is 0 Å². The molecule has 2 rings (SSSR count). The summed E-state index contributed by atoms with van der Waals surface area (Å²) in [5.41, 5.74) is 0.736. The fourth-order valence-electron chi connectivity index (χ4n) is 1.30. The Bertz CT molecular complexity index is 539. The first-order valence-electron chi connectivity index (χ1n) is 5.16. The summed E-state index contributed by atoms with van der Waals surface area (Å²) in [6.45, 7) is 0.726. The van der Waals surface area contributed by atoms with Crippen molar-refractivity contribution in [3.05, 3.63) is 31.9 Å². The Labute approximate surface area is 121 Å². The van der Waals surface area contributed by atoms with Crippen molar-refractivity contribution in [1.82, 2.24) is 4.98 Å². The van der Waals surface area contributed by atoms with Gasteiger partial charge in [0.05, 0.1) is 25.8 Å². The molecule has 0 bridgehead atoms. The van der Waals surface area contributed by atoms with Crippen LogP contribution in [0.1, 0.15) is 10.6 Å². The summed E-state index contributed by atoms with van der Waals surface area (Å²) in [5.74, 6) is -0.271. The average Bonchev–Trinajstić information content (AvgIpc) is 2.96. The summed E-state index contributed by atoms with van der Waals surface area (Å²) in [6, 6.07) is 2.02. The number of thiazole rings is 1. The number of aromatic nitrogens is 1. The molecule has 7 heteroatoms. The Balaban J connectivity index is 1.91. The zero-order valence-corrected chi connectivity index (χ0v) is 12.8. The van der Waals surface area contributed by atoms with E-state index < -0.39 is 0 Å². The number of rotatable bonds is 5. The Morgan fingerprint density at radius 3 is 3.06 bits per heavy atom. The molecule has 0 atom stereocenters. The Morgan fingerprint density at radius 2 is 2.39 bits per heavy atom. The third-order valence-electron chi connectivity index (χ3n) is 2.20. The molecule has 0 saturated carbocycles. The number of hydrogen-bond acceptors (Lipinski definition) is 6. The number of nitrogens with one attached hydrogen (secondary N) is 1. The molecule has 0 unspecified atom stereocenters. The Kier molecular flexibility index (Phi) is 4.73. The predicted octanol–water partition coefficient (Wildman–Crippen LogP) is 3.29. The van der Waals surface area contributed by atoms with Gasteiger partial charge in [0.2, 0.25) is 0 Å². The van der Waals surface area contributed by atoms with Crippen LogP contribution in [0, 0.1) is 0 Å². The average molecular weight is 347 g/mol. The topological polar surface area (TPSA) is 51.2 Å². The van der Waals surface area contributed by atoms with Crippen LogP contribution in [0.5, 0.6) is 0 Å². The molecular formula is C11H11BrN2O2S2. The van der Waals surface area contributed by atoms with E-state index in [1.165, 1.54) is 23.3 Å². The smallest absolute Gasteiger partial charge is 0.311 e. The second-order valence-corrected chi connectivity index (χ2v) is 6.16. The summed E-state index contributed by atoms with van der Waals surface area (Å²) >= 11 is 6.65. The van der Waals surface area contributed by atoms with Crippen LogP contribution in [0.15, 0.2) is 21.3 Å². The Morgan fingerprint density at radius 1 is 1.56 bits per heavy atom. The molecule has 18 heavy (non-hydrogen) atoms. The number of methoxy groups -OCH3 is 1. The quantitative estimate of drug-likeness (QED) is 0.844. The molecule has 2 aromatic rings. The molecule has 0 radical (unpaired) electrons. The number of carbonyl (C=O) groups is 1. The third-order valence-corrected chi connectivity index (χ3v) is 4.97. The summed E-state index contributed by atoms with van der Waals surface area (Å²) in [7, 11) is 1.38. The van der Waals surface area contributed by atoms with Crippen LogP contribution >= 0.6 is 38.6 Å². The summed E-state index contributed by atoms with van der Waals surface area (Å²) < 4.78 is 5.70. The number of hydrogen-bond donors (Lipinski definition) is 1. The fourth-order valence-corrected chi connectivity index (χ4v) is 3.44. The molecule has 0 spiro atoms. The minimum atomic E-state index is -0.271. The zero-order chi connectivity index (χ0) is 13.0. The van der Waals surface area contributed by atoms with Crippen LogP contribution < -0.4 is 5.32 Å². The van der Waals surface area contributed by atoms with Crippen molar-refractivity contribution in [3.63, 3.8) is 0 Å². The number of thiophene rings is 1. The number of nitrogens with zero attached hydrogens (tertiary/aromatic N) is 1. The molecule has 96 valence electrons. The maximum atomic E-state index is 11.1. The van der Waals surface area contributed by atoms with E-state index in [-0.39, 0.29) is 12.4 Å². The molecule has 0 saturated heterocycles. The van der Waals surface area contributed by atoms with Crippen molar-refractivity contribution in [3.8, 4) is 0 Å². The van der Waals surface area contributed by atoms with Crippen molar-refractivity contribution in [2.24, 2.45) is 0 Å². The highest BCUT2D eigenvalue weighted by molar-refractivity contribution is 9.10. The summed E-state index contributed by atoms with van der Waals surface area (Å²) in [4.78, 5) is 16.6. The van der Waals surface area contributed by atoms with Gasteiger partial charge in [-0.3, -0.25) is 4.79 Å². The van der Waals surface area contributed by atoms with Crippen LogP contribution in [0.2, 0.25) is 0 Å². The van der Waals surface area contributed by atoms with E-state index in [1.54, 1.807) is 11.3 Å². The highest BCUT2D eigenvalue weighted by Gasteiger charge is 2.08. The van der Waals surface area contributed by atoms with Crippen LogP contribution in [-0.4, -0.2) is 18.1 Å². The van der Waals surface area contributed by atoms with Crippen molar-refractivity contribution in [2.75, 3.05) is 12.4 Å². The third kappa shape index (κ3) is 3.54. The van der Waals surface area contributed by atoms with E-state index >= 15 is 0 Å². The van der Waals surface area contributed by atoms with Gasteiger partial charge in [-0.05, 0) is 27.4 Å². The monoisotopic (exact) mass is 346 g/mol. The fraction of sp³-hybridized carbons (Fsp3) is 0.273. The van der Waals surface area contributed by atoms with Crippen LogP contribution in [0.25, 0.3) is 0 Å². The van der Waals surface area contributed by atoms with E-state index in [0.717, 1.165) is 21.8 Å². The molecule has 0 fully saturated rings. The number of halogens is 1. The minimum absolute atomic E-state index is 0.220. The SMILES string of the molecule is COC(=O)Cc1csc(NCc2sccc2Br)n1. The van der Waals surface area contributed by atoms with Gasteiger partial charge in [-0.2, -0.15) is 0 Å². The van der Waals surface area contributed by atoms with Gasteiger partial charge in [0, 0.05) is 14.7 Å². The van der Waals surface area contributed by atoms with Crippen molar-refractivity contribution in [1.29, 1.82) is 0 Å². The normalized spacial score (nSPS) is 10.3. The van der Waals surface area contributed by atoms with Gasteiger partial charge >= 0.3 is 5.97 Å². The largest absolute Gasteiger partial charge is 0.469 e. The van der Waals surface area contributed by atoms with Gasteiger partial charge in [0.15, 0.2) is 5.13 Å². The minimum Gasteiger partial charge on any atom is -0.469 e. The van der Waals surface area contributed by atoms with Gasteiger partial charge in [0.25, 0.3) is 0 Å². The molecule has 4 nitrogen and oxygen atoms in total. The highest BCUT2D eigenvalue weighted by atomic mass is 79.9. The van der Waals surface area contributed by atoms with Crippen LogP contribution in [-0.2, 0) is 22.5 Å². The molecule has 2 heterocycles. The van der Waals surface area contributed by atoms with E-state index in [9.17, 15) is 4.79 Å². The molecule has 0 amide bonds. The van der Waals surface area contributed by atoms with Gasteiger partial charge in [-0.15, -0.1) is 22.7 Å².